The molecule has 1 fully saturated rings. The van der Waals surface area contributed by atoms with E-state index < -0.39 is 5.60 Å². The molecular formula is C28H32F2N4O3. The Kier molecular flexibility index (Phi) is 7.90. The van der Waals surface area contributed by atoms with Crippen molar-refractivity contribution in [3.05, 3.63) is 77.4 Å². The Bertz CT molecular complexity index is 1180. The number of nitrogens with zero attached hydrogens (tertiary/aromatic N) is 4. The first kappa shape index (κ1) is 26.3. The van der Waals surface area contributed by atoms with Gasteiger partial charge in [-0.05, 0) is 75.7 Å². The number of rotatable bonds is 4. The van der Waals surface area contributed by atoms with Gasteiger partial charge in [-0.25, -0.2) is 18.6 Å². The molecule has 2 heterocycles. The third-order valence-corrected chi connectivity index (χ3v) is 6.12. The molecule has 2 aliphatic rings. The lowest BCUT2D eigenvalue weighted by molar-refractivity contribution is -0.133. The number of hydrogen-bond acceptors (Lipinski definition) is 5. The van der Waals surface area contributed by atoms with E-state index in [9.17, 15) is 18.4 Å². The van der Waals surface area contributed by atoms with Crippen molar-refractivity contribution in [1.29, 1.82) is 0 Å². The summed E-state index contributed by atoms with van der Waals surface area (Å²) in [7, 11) is 0. The third kappa shape index (κ3) is 6.93. The molecule has 37 heavy (non-hydrogen) atoms. The Balaban J connectivity index is 1.49. The summed E-state index contributed by atoms with van der Waals surface area (Å²) in [6.45, 7) is 7.71. The van der Waals surface area contributed by atoms with Crippen molar-refractivity contribution in [2.24, 2.45) is 4.99 Å². The maximum absolute atomic E-state index is 13.6. The average molecular weight is 511 g/mol. The summed E-state index contributed by atoms with van der Waals surface area (Å²) in [5.41, 5.74) is 1.53. The highest BCUT2D eigenvalue weighted by atomic mass is 19.1. The third-order valence-electron chi connectivity index (χ3n) is 6.12. The second kappa shape index (κ2) is 11.1. The molecule has 0 radical (unpaired) electrons. The van der Waals surface area contributed by atoms with Gasteiger partial charge >= 0.3 is 6.09 Å². The zero-order valence-electron chi connectivity index (χ0n) is 21.4. The maximum Gasteiger partial charge on any atom is 0.410 e. The van der Waals surface area contributed by atoms with Crippen LogP contribution in [-0.2, 0) is 9.53 Å². The van der Waals surface area contributed by atoms with Crippen molar-refractivity contribution in [1.82, 2.24) is 14.7 Å². The summed E-state index contributed by atoms with van der Waals surface area (Å²) in [5, 5.41) is 0. The van der Waals surface area contributed by atoms with Crippen LogP contribution < -0.4 is 0 Å². The van der Waals surface area contributed by atoms with Crippen molar-refractivity contribution in [3.63, 3.8) is 0 Å². The predicted molar refractivity (Wildman–Crippen MR) is 138 cm³/mol. The van der Waals surface area contributed by atoms with Crippen LogP contribution in [0.1, 0.15) is 38.3 Å². The Morgan fingerprint density at radius 1 is 0.838 bits per heavy atom. The normalized spacial score (nSPS) is 16.6. The van der Waals surface area contributed by atoms with Gasteiger partial charge in [-0.2, -0.15) is 0 Å². The summed E-state index contributed by atoms with van der Waals surface area (Å²) in [6.07, 6.45) is 2.21. The van der Waals surface area contributed by atoms with Crippen molar-refractivity contribution < 1.29 is 23.1 Å². The van der Waals surface area contributed by atoms with E-state index in [1.807, 2.05) is 31.7 Å². The highest BCUT2D eigenvalue weighted by molar-refractivity contribution is 6.03. The van der Waals surface area contributed by atoms with Gasteiger partial charge in [-0.1, -0.05) is 6.08 Å². The van der Waals surface area contributed by atoms with E-state index >= 15 is 0 Å². The molecule has 0 atom stereocenters. The SMILES string of the molecule is CC(C)(C)OC(=O)N1CCN(C(=O)CN2CCC=C(c3ccc(F)cc3)N=C2c2ccc(F)cc2)CC1. The number of aliphatic imine (C=N–C) groups is 1. The Morgan fingerprint density at radius 2 is 1.38 bits per heavy atom. The van der Waals surface area contributed by atoms with Crippen LogP contribution in [-0.4, -0.2) is 77.4 Å². The Labute approximate surface area is 216 Å². The van der Waals surface area contributed by atoms with Crippen molar-refractivity contribution >= 4 is 23.5 Å². The zero-order chi connectivity index (χ0) is 26.6. The second-order valence-corrected chi connectivity index (χ2v) is 10.1. The van der Waals surface area contributed by atoms with Crippen molar-refractivity contribution in [2.75, 3.05) is 39.3 Å². The number of benzene rings is 2. The van der Waals surface area contributed by atoms with Crippen LogP contribution in [0.5, 0.6) is 0 Å². The lowest BCUT2D eigenvalue weighted by Gasteiger charge is -2.36. The minimum atomic E-state index is -0.576. The lowest BCUT2D eigenvalue weighted by Crippen LogP contribution is -2.53. The van der Waals surface area contributed by atoms with E-state index in [2.05, 4.69) is 0 Å². The highest BCUT2D eigenvalue weighted by Crippen LogP contribution is 2.23. The van der Waals surface area contributed by atoms with Crippen LogP contribution >= 0.6 is 0 Å². The first-order valence-electron chi connectivity index (χ1n) is 12.4. The number of ether oxygens (including phenoxy) is 1. The van der Waals surface area contributed by atoms with Gasteiger partial charge in [0.1, 0.15) is 23.1 Å². The van der Waals surface area contributed by atoms with Crippen LogP contribution in [0, 0.1) is 11.6 Å². The van der Waals surface area contributed by atoms with E-state index in [1.54, 1.807) is 34.1 Å². The molecule has 196 valence electrons. The van der Waals surface area contributed by atoms with E-state index in [0.717, 1.165) is 5.56 Å². The molecule has 0 aliphatic carbocycles. The fraction of sp³-hybridized carbons (Fsp3) is 0.393. The molecule has 7 nitrogen and oxygen atoms in total. The molecule has 0 spiro atoms. The largest absolute Gasteiger partial charge is 0.444 e. The summed E-state index contributed by atoms with van der Waals surface area (Å²) in [6, 6.07) is 12.1. The fourth-order valence-corrected chi connectivity index (χ4v) is 4.22. The molecule has 2 aliphatic heterocycles. The molecule has 2 aromatic rings. The van der Waals surface area contributed by atoms with E-state index in [4.69, 9.17) is 9.73 Å². The molecule has 2 aromatic carbocycles. The number of halogens is 2. The van der Waals surface area contributed by atoms with Crippen molar-refractivity contribution in [3.8, 4) is 0 Å². The maximum atomic E-state index is 13.6. The van der Waals surface area contributed by atoms with Crippen molar-refractivity contribution in [2.45, 2.75) is 32.8 Å². The second-order valence-electron chi connectivity index (χ2n) is 10.1. The molecule has 4 rings (SSSR count). The number of hydrogen-bond donors (Lipinski definition) is 0. The Hall–Kier alpha value is -3.75. The molecule has 2 amide bonds. The smallest absolute Gasteiger partial charge is 0.410 e. The van der Waals surface area contributed by atoms with Crippen LogP contribution in [0.15, 0.2) is 59.6 Å². The van der Waals surface area contributed by atoms with E-state index in [0.29, 0.717) is 56.2 Å². The number of amidine groups is 1. The first-order valence-corrected chi connectivity index (χ1v) is 12.4. The molecule has 0 aromatic heterocycles. The average Bonchev–Trinajstić information content (AvgIpc) is 3.06. The van der Waals surface area contributed by atoms with Gasteiger partial charge in [0.25, 0.3) is 0 Å². The van der Waals surface area contributed by atoms with Crippen LogP contribution in [0.2, 0.25) is 0 Å². The number of carbonyl (C=O) groups is 2. The number of piperazine rings is 1. The first-order chi connectivity index (χ1) is 17.6. The minimum absolute atomic E-state index is 0.0797. The topological polar surface area (TPSA) is 65.5 Å². The number of amides is 2. The zero-order valence-corrected chi connectivity index (χ0v) is 21.4. The quantitative estimate of drug-likeness (QED) is 0.606. The van der Waals surface area contributed by atoms with Gasteiger partial charge in [-0.15, -0.1) is 0 Å². The molecule has 0 unspecified atom stereocenters. The van der Waals surface area contributed by atoms with Gasteiger partial charge in [0.2, 0.25) is 5.91 Å². The summed E-state index contributed by atoms with van der Waals surface area (Å²) in [4.78, 5) is 35.7. The summed E-state index contributed by atoms with van der Waals surface area (Å²) >= 11 is 0. The predicted octanol–water partition coefficient (Wildman–Crippen LogP) is 4.54. The van der Waals surface area contributed by atoms with Gasteiger partial charge < -0.3 is 19.4 Å². The Morgan fingerprint density at radius 3 is 1.95 bits per heavy atom. The van der Waals surface area contributed by atoms with E-state index in [-0.39, 0.29) is 30.2 Å². The molecule has 0 N–H and O–H groups in total. The number of carbonyl (C=O) groups excluding carboxylic acids is 2. The van der Waals surface area contributed by atoms with Gasteiger partial charge in [0.15, 0.2) is 0 Å². The van der Waals surface area contributed by atoms with Gasteiger partial charge in [0.05, 0.1) is 12.2 Å². The van der Waals surface area contributed by atoms with Crippen LogP contribution in [0.25, 0.3) is 5.70 Å². The standard InChI is InChI=1S/C28H32F2N4O3/c1-28(2,3)37-27(36)33-17-15-32(16-18-33)25(35)19-34-14-4-5-24(20-6-10-22(29)11-7-20)31-26(34)21-8-12-23(30)13-9-21/h5-13H,4,14-19H2,1-3H3. The van der Waals surface area contributed by atoms with E-state index in [1.165, 1.54) is 24.3 Å². The van der Waals surface area contributed by atoms with Crippen LogP contribution in [0.3, 0.4) is 0 Å². The fourth-order valence-electron chi connectivity index (χ4n) is 4.22. The molecule has 9 heteroatoms. The van der Waals surface area contributed by atoms with Gasteiger partial charge in [-0.3, -0.25) is 4.79 Å². The summed E-state index contributed by atoms with van der Waals surface area (Å²) in [5.74, 6) is -0.227. The minimum Gasteiger partial charge on any atom is -0.444 e. The molecular weight excluding hydrogens is 478 g/mol. The highest BCUT2D eigenvalue weighted by Gasteiger charge is 2.29. The van der Waals surface area contributed by atoms with Gasteiger partial charge in [0, 0.05) is 43.9 Å². The summed E-state index contributed by atoms with van der Waals surface area (Å²) < 4.78 is 32.6. The molecule has 0 bridgehead atoms. The molecule has 1 saturated heterocycles. The monoisotopic (exact) mass is 510 g/mol. The lowest BCUT2D eigenvalue weighted by atomic mass is 10.1. The molecule has 0 saturated carbocycles. The van der Waals surface area contributed by atoms with Crippen LogP contribution in [0.4, 0.5) is 13.6 Å².